The number of unbranched alkanes of at least 4 members (excludes halogenated alkanes) is 3. The molecule has 0 heterocycles. The van der Waals surface area contributed by atoms with Crippen molar-refractivity contribution < 1.29 is 5.11 Å². The van der Waals surface area contributed by atoms with Crippen molar-refractivity contribution >= 4 is 0 Å². The van der Waals surface area contributed by atoms with E-state index in [1.54, 1.807) is 0 Å². The van der Waals surface area contributed by atoms with Crippen LogP contribution in [0.15, 0.2) is 24.3 Å². The summed E-state index contributed by atoms with van der Waals surface area (Å²) < 4.78 is 0. The second-order valence-corrected chi connectivity index (χ2v) is 3.08. The van der Waals surface area contributed by atoms with Crippen LogP contribution in [0.1, 0.15) is 39.0 Å². The van der Waals surface area contributed by atoms with Crippen LogP contribution in [0.2, 0.25) is 0 Å². The van der Waals surface area contributed by atoms with Gasteiger partial charge in [0.2, 0.25) is 0 Å². The molecule has 0 atom stereocenters. The van der Waals surface area contributed by atoms with Gasteiger partial charge in [0, 0.05) is 13.0 Å². The molecule has 0 aromatic carbocycles. The van der Waals surface area contributed by atoms with Crippen LogP contribution in [-0.4, -0.2) is 11.7 Å². The molecule has 0 saturated heterocycles. The highest BCUT2D eigenvalue weighted by atomic mass is 16.2. The molecule has 1 nitrogen and oxygen atoms in total. The predicted octanol–water partition coefficient (Wildman–Crippen LogP) is 3.06. The van der Waals surface area contributed by atoms with Crippen molar-refractivity contribution in [1.29, 1.82) is 0 Å². The monoisotopic (exact) mass is 192 g/mol. The average molecular weight is 192 g/mol. The van der Waals surface area contributed by atoms with Crippen molar-refractivity contribution in [2.75, 3.05) is 6.61 Å². The van der Waals surface area contributed by atoms with Crippen LogP contribution in [0, 0.1) is 11.8 Å². The van der Waals surface area contributed by atoms with Gasteiger partial charge in [-0.2, -0.15) is 0 Å². The van der Waals surface area contributed by atoms with E-state index in [0.29, 0.717) is 6.42 Å². The normalized spacial score (nSPS) is 10.7. The Balaban J connectivity index is 3.39. The summed E-state index contributed by atoms with van der Waals surface area (Å²) in [7, 11) is 0. The fourth-order valence-corrected chi connectivity index (χ4v) is 0.947. The van der Waals surface area contributed by atoms with Gasteiger partial charge in [-0.25, -0.2) is 0 Å². The van der Waals surface area contributed by atoms with Crippen LogP contribution < -0.4 is 0 Å². The van der Waals surface area contributed by atoms with Crippen LogP contribution in [0.4, 0.5) is 0 Å². The lowest BCUT2D eigenvalue weighted by Crippen LogP contribution is -1.73. The lowest BCUT2D eigenvalue weighted by molar-refractivity contribution is 0.302. The first kappa shape index (κ1) is 13.0. The van der Waals surface area contributed by atoms with Gasteiger partial charge in [-0.3, -0.25) is 0 Å². The summed E-state index contributed by atoms with van der Waals surface area (Å²) in [6.45, 7) is 2.41. The minimum absolute atomic E-state index is 0.215. The summed E-state index contributed by atoms with van der Waals surface area (Å²) in [4.78, 5) is 0. The summed E-state index contributed by atoms with van der Waals surface area (Å²) in [5.41, 5.74) is 0. The van der Waals surface area contributed by atoms with Gasteiger partial charge in [-0.15, -0.1) is 0 Å². The first-order valence-corrected chi connectivity index (χ1v) is 5.32. The summed E-state index contributed by atoms with van der Waals surface area (Å²) in [6.07, 6.45) is 13.0. The molecule has 0 aliphatic rings. The number of allylic oxidation sites excluding steroid dienone is 3. The fourth-order valence-electron chi connectivity index (χ4n) is 0.947. The van der Waals surface area contributed by atoms with Crippen molar-refractivity contribution in [3.05, 3.63) is 24.3 Å². The number of aliphatic hydroxyl groups is 1. The van der Waals surface area contributed by atoms with Crippen LogP contribution >= 0.6 is 0 Å². The minimum Gasteiger partial charge on any atom is -0.396 e. The number of rotatable bonds is 6. The van der Waals surface area contributed by atoms with Crippen LogP contribution in [0.3, 0.4) is 0 Å². The van der Waals surface area contributed by atoms with E-state index >= 15 is 0 Å². The highest BCUT2D eigenvalue weighted by molar-refractivity contribution is 5.19. The van der Waals surface area contributed by atoms with Crippen LogP contribution in [-0.2, 0) is 0 Å². The molecule has 0 rings (SSSR count). The molecule has 0 amide bonds. The molecule has 1 N–H and O–H groups in total. The van der Waals surface area contributed by atoms with E-state index in [9.17, 15) is 0 Å². The third-order valence-electron chi connectivity index (χ3n) is 1.73. The zero-order chi connectivity index (χ0) is 10.5. The minimum atomic E-state index is 0.215. The number of hydrogen-bond acceptors (Lipinski definition) is 1. The average Bonchev–Trinajstić information content (AvgIpc) is 2.21. The van der Waals surface area contributed by atoms with Gasteiger partial charge >= 0.3 is 0 Å². The highest BCUT2D eigenvalue weighted by Gasteiger charge is 1.79. The zero-order valence-corrected chi connectivity index (χ0v) is 9.00. The first-order chi connectivity index (χ1) is 6.91. The molecule has 14 heavy (non-hydrogen) atoms. The third-order valence-corrected chi connectivity index (χ3v) is 1.73. The Morgan fingerprint density at radius 1 is 1.21 bits per heavy atom. The molecule has 0 fully saturated rings. The van der Waals surface area contributed by atoms with E-state index in [1.165, 1.54) is 19.3 Å². The molecule has 0 saturated carbocycles. The molecule has 0 aromatic heterocycles. The highest BCUT2D eigenvalue weighted by Crippen LogP contribution is 1.96. The Labute approximate surface area is 87.5 Å². The Hall–Kier alpha value is -1.00. The first-order valence-electron chi connectivity index (χ1n) is 5.32. The van der Waals surface area contributed by atoms with Crippen molar-refractivity contribution in [2.24, 2.45) is 0 Å². The molecule has 0 aliphatic heterocycles. The van der Waals surface area contributed by atoms with Crippen LogP contribution in [0.25, 0.3) is 0 Å². The molecule has 0 unspecified atom stereocenters. The smallest absolute Gasteiger partial charge is 0.0465 e. The van der Waals surface area contributed by atoms with E-state index in [4.69, 9.17) is 5.11 Å². The van der Waals surface area contributed by atoms with Gasteiger partial charge < -0.3 is 5.11 Å². The topological polar surface area (TPSA) is 20.2 Å². The summed E-state index contributed by atoms with van der Waals surface area (Å²) >= 11 is 0. The quantitative estimate of drug-likeness (QED) is 0.389. The van der Waals surface area contributed by atoms with Gasteiger partial charge in [0.25, 0.3) is 0 Å². The lowest BCUT2D eigenvalue weighted by atomic mass is 10.2. The van der Waals surface area contributed by atoms with E-state index in [1.807, 2.05) is 24.3 Å². The molecule has 0 aromatic rings. The molecule has 78 valence electrons. The second-order valence-electron chi connectivity index (χ2n) is 3.08. The summed E-state index contributed by atoms with van der Waals surface area (Å²) in [6, 6.07) is 0. The van der Waals surface area contributed by atoms with E-state index < -0.39 is 0 Å². The summed E-state index contributed by atoms with van der Waals surface area (Å²) in [5.74, 6) is 6.07. The maximum absolute atomic E-state index is 8.49. The van der Waals surface area contributed by atoms with Crippen molar-refractivity contribution in [1.82, 2.24) is 0 Å². The molecule has 0 radical (unpaired) electrons. The largest absolute Gasteiger partial charge is 0.396 e. The van der Waals surface area contributed by atoms with Crippen molar-refractivity contribution in [2.45, 2.75) is 39.0 Å². The van der Waals surface area contributed by atoms with E-state index in [0.717, 1.165) is 6.42 Å². The molecule has 0 spiro atoms. The molecule has 0 aliphatic carbocycles. The van der Waals surface area contributed by atoms with E-state index in [-0.39, 0.29) is 6.61 Å². The SMILES string of the molecule is CCCCCC#C/C=C/C=C/CCO. The molecular weight excluding hydrogens is 172 g/mol. The Bertz CT molecular complexity index is 215. The molecule has 1 heteroatoms. The van der Waals surface area contributed by atoms with E-state index in [2.05, 4.69) is 18.8 Å². The Kier molecular flexibility index (Phi) is 11.1. The van der Waals surface area contributed by atoms with Gasteiger partial charge in [0.15, 0.2) is 0 Å². The Morgan fingerprint density at radius 3 is 2.79 bits per heavy atom. The number of aliphatic hydroxyl groups excluding tert-OH is 1. The van der Waals surface area contributed by atoms with Crippen molar-refractivity contribution in [3.63, 3.8) is 0 Å². The molecule has 0 bridgehead atoms. The van der Waals surface area contributed by atoms with Gasteiger partial charge in [0.1, 0.15) is 0 Å². The van der Waals surface area contributed by atoms with Crippen molar-refractivity contribution in [3.8, 4) is 11.8 Å². The molecular formula is C13H20O. The maximum atomic E-state index is 8.49. The Morgan fingerprint density at radius 2 is 2.07 bits per heavy atom. The third kappa shape index (κ3) is 11.0. The maximum Gasteiger partial charge on any atom is 0.0465 e. The van der Waals surface area contributed by atoms with Crippen LogP contribution in [0.5, 0.6) is 0 Å². The standard InChI is InChI=1S/C13H20O/c1-2-3-4-5-6-7-8-9-10-11-12-13-14/h8-11,14H,2-5,12-13H2,1H3/b9-8+,11-10+. The number of hydrogen-bond donors (Lipinski definition) is 1. The second kappa shape index (κ2) is 12.0. The predicted molar refractivity (Wildman–Crippen MR) is 61.9 cm³/mol. The van der Waals surface area contributed by atoms with Gasteiger partial charge in [-0.1, -0.05) is 49.8 Å². The lowest BCUT2D eigenvalue weighted by Gasteiger charge is -1.87. The van der Waals surface area contributed by atoms with Gasteiger partial charge in [0.05, 0.1) is 0 Å². The van der Waals surface area contributed by atoms with Gasteiger partial charge in [-0.05, 0) is 18.9 Å². The summed E-state index contributed by atoms with van der Waals surface area (Å²) in [5, 5.41) is 8.49. The zero-order valence-electron chi connectivity index (χ0n) is 9.00. The fraction of sp³-hybridized carbons (Fsp3) is 0.538.